The smallest absolute Gasteiger partial charge is 0.252 e. The molecule has 0 aromatic heterocycles. The molecule has 1 nitrogen and oxygen atoms in total. The quantitative estimate of drug-likeness (QED) is 0.442. The highest BCUT2D eigenvalue weighted by Gasteiger charge is 2.01. The van der Waals surface area contributed by atoms with Gasteiger partial charge in [-0.1, -0.05) is 23.2 Å². The molecule has 0 saturated heterocycles. The number of hydrogen-bond donors (Lipinski definition) is 0. The highest BCUT2D eigenvalue weighted by molar-refractivity contribution is 6.67. The number of carbonyl (C=O) groups excluding carboxylic acids is 1. The fraction of sp³-hybridized carbons (Fsp3) is 0.125. The average molecular weight is 166 g/mol. The Hall–Kier alpha value is -0.755. The molecule has 0 radical (unpaired) electrons. The lowest BCUT2D eigenvalue weighted by Gasteiger charge is -1.98. The summed E-state index contributed by atoms with van der Waals surface area (Å²) < 4.78 is 0. The Bertz CT molecular complexity index is 276. The lowest BCUT2D eigenvalue weighted by molar-refractivity contribution is 0.108. The summed E-state index contributed by atoms with van der Waals surface area (Å²) in [6, 6.07) is 5.56. The number of aryl methyl sites for hydroxylation is 1. The zero-order valence-electron chi connectivity index (χ0n) is 6.52. The molecule has 1 rings (SSSR count). The summed E-state index contributed by atoms with van der Waals surface area (Å²) in [5.41, 5.74) is 2.70. The van der Waals surface area contributed by atoms with Gasteiger partial charge in [0.05, 0.1) is 0 Å². The zero-order chi connectivity index (χ0) is 8.43. The number of carbonyl (C=O) groups is 1. The summed E-state index contributed by atoms with van der Waals surface area (Å²) in [7, 11) is 1.94. The molecule has 0 amide bonds. The van der Waals surface area contributed by atoms with Crippen LogP contribution in [0.15, 0.2) is 18.2 Å². The average Bonchev–Trinajstić information content (AvgIpc) is 1.85. The van der Waals surface area contributed by atoms with Crippen molar-refractivity contribution >= 4 is 30.2 Å². The van der Waals surface area contributed by atoms with E-state index in [-0.39, 0.29) is 0 Å². The molecular weight excluding hydrogens is 158 g/mol. The Morgan fingerprint density at radius 2 is 2.09 bits per heavy atom. The van der Waals surface area contributed by atoms with E-state index in [0.717, 1.165) is 11.0 Å². The largest absolute Gasteiger partial charge is 0.276 e. The van der Waals surface area contributed by atoms with Crippen molar-refractivity contribution in [3.8, 4) is 0 Å². The van der Waals surface area contributed by atoms with E-state index in [4.69, 9.17) is 11.6 Å². The summed E-state index contributed by atoms with van der Waals surface area (Å²) in [5, 5.41) is -0.392. The van der Waals surface area contributed by atoms with Gasteiger partial charge >= 0.3 is 0 Å². The van der Waals surface area contributed by atoms with E-state index in [2.05, 4.69) is 0 Å². The van der Waals surface area contributed by atoms with Crippen LogP contribution in [0.25, 0.3) is 0 Å². The maximum Gasteiger partial charge on any atom is 0.252 e. The van der Waals surface area contributed by atoms with Gasteiger partial charge in [-0.15, -0.1) is 0 Å². The monoisotopic (exact) mass is 166 g/mol. The first-order valence-electron chi connectivity index (χ1n) is 3.38. The van der Waals surface area contributed by atoms with Crippen LogP contribution in [-0.4, -0.2) is 13.1 Å². The molecule has 0 saturated carbocycles. The Balaban J connectivity index is 3.19. The van der Waals surface area contributed by atoms with Gasteiger partial charge in [-0.05, 0) is 24.6 Å². The predicted molar refractivity (Wildman–Crippen MR) is 49.5 cm³/mol. The van der Waals surface area contributed by atoms with Crippen LogP contribution in [-0.2, 0) is 0 Å². The number of benzene rings is 1. The first-order chi connectivity index (χ1) is 5.09. The molecule has 0 aliphatic rings. The van der Waals surface area contributed by atoms with Gasteiger partial charge in [0.15, 0.2) is 0 Å². The molecule has 0 N–H and O–H groups in total. The van der Waals surface area contributed by atoms with Crippen LogP contribution in [0.1, 0.15) is 15.9 Å². The van der Waals surface area contributed by atoms with Crippen LogP contribution >= 0.6 is 11.6 Å². The second-order valence-corrected chi connectivity index (χ2v) is 2.99. The minimum atomic E-state index is -0.392. The fourth-order valence-corrected chi connectivity index (χ4v) is 1.20. The lowest BCUT2D eigenvalue weighted by atomic mass is 9.93. The van der Waals surface area contributed by atoms with Crippen molar-refractivity contribution in [2.75, 3.05) is 0 Å². The van der Waals surface area contributed by atoms with Crippen molar-refractivity contribution < 1.29 is 4.79 Å². The van der Waals surface area contributed by atoms with E-state index in [0.29, 0.717) is 5.56 Å². The van der Waals surface area contributed by atoms with Crippen LogP contribution in [0.4, 0.5) is 0 Å². The van der Waals surface area contributed by atoms with E-state index >= 15 is 0 Å². The summed E-state index contributed by atoms with van der Waals surface area (Å²) >= 11 is 5.31. The molecule has 11 heavy (non-hydrogen) atoms. The Morgan fingerprint density at radius 1 is 1.45 bits per heavy atom. The third-order valence-corrected chi connectivity index (χ3v) is 1.67. The van der Waals surface area contributed by atoms with Gasteiger partial charge in [0.1, 0.15) is 7.85 Å². The van der Waals surface area contributed by atoms with E-state index in [1.54, 1.807) is 12.1 Å². The topological polar surface area (TPSA) is 17.1 Å². The summed E-state index contributed by atoms with van der Waals surface area (Å²) in [6.45, 7) is 1.94. The molecule has 1 aromatic carbocycles. The molecule has 3 heteroatoms. The molecule has 0 fully saturated rings. The molecule has 0 bridgehead atoms. The number of hydrogen-bond acceptors (Lipinski definition) is 1. The normalized spacial score (nSPS) is 9.64. The molecule has 0 aliphatic carbocycles. The van der Waals surface area contributed by atoms with E-state index < -0.39 is 5.24 Å². The van der Waals surface area contributed by atoms with Gasteiger partial charge < -0.3 is 0 Å². The van der Waals surface area contributed by atoms with Gasteiger partial charge in [-0.3, -0.25) is 4.79 Å². The van der Waals surface area contributed by atoms with Gasteiger partial charge in [0, 0.05) is 5.56 Å². The third kappa shape index (κ3) is 2.09. The SMILES string of the molecule is Bc1cc(C)cc(C(=O)Cl)c1. The van der Waals surface area contributed by atoms with Crippen molar-refractivity contribution in [3.05, 3.63) is 29.3 Å². The Labute approximate surface area is 71.8 Å². The van der Waals surface area contributed by atoms with Crippen molar-refractivity contribution in [2.24, 2.45) is 0 Å². The Morgan fingerprint density at radius 3 is 2.55 bits per heavy atom. The van der Waals surface area contributed by atoms with Crippen LogP contribution in [0.5, 0.6) is 0 Å². The molecule has 1 aromatic rings. The van der Waals surface area contributed by atoms with Crippen LogP contribution in [0, 0.1) is 6.92 Å². The minimum absolute atomic E-state index is 0.392. The fourth-order valence-electron chi connectivity index (χ4n) is 1.09. The van der Waals surface area contributed by atoms with Crippen molar-refractivity contribution in [3.63, 3.8) is 0 Å². The van der Waals surface area contributed by atoms with Crippen molar-refractivity contribution in [2.45, 2.75) is 6.92 Å². The van der Waals surface area contributed by atoms with E-state index in [1.165, 1.54) is 0 Å². The molecule has 0 heterocycles. The van der Waals surface area contributed by atoms with Crippen molar-refractivity contribution in [1.29, 1.82) is 0 Å². The molecular formula is C8H8BClO. The van der Waals surface area contributed by atoms with Gasteiger partial charge in [0.25, 0.3) is 5.24 Å². The van der Waals surface area contributed by atoms with Gasteiger partial charge in [0.2, 0.25) is 0 Å². The maximum absolute atomic E-state index is 10.7. The van der Waals surface area contributed by atoms with Crippen LogP contribution < -0.4 is 5.46 Å². The molecule has 56 valence electrons. The first kappa shape index (κ1) is 8.34. The molecule has 0 unspecified atom stereocenters. The molecule has 0 aliphatic heterocycles. The third-order valence-electron chi connectivity index (χ3n) is 1.45. The molecule has 0 spiro atoms. The number of halogens is 1. The molecule has 0 atom stereocenters. The summed E-state index contributed by atoms with van der Waals surface area (Å²) in [6.07, 6.45) is 0. The minimum Gasteiger partial charge on any atom is -0.276 e. The summed E-state index contributed by atoms with van der Waals surface area (Å²) in [5.74, 6) is 0. The summed E-state index contributed by atoms with van der Waals surface area (Å²) in [4.78, 5) is 10.7. The van der Waals surface area contributed by atoms with E-state index in [1.807, 2.05) is 20.8 Å². The standard InChI is InChI=1S/C8H8BClO/c1-5-2-6(8(10)11)4-7(9)3-5/h2-4H,9H2,1H3. The highest BCUT2D eigenvalue weighted by atomic mass is 35.5. The number of rotatable bonds is 1. The van der Waals surface area contributed by atoms with E-state index in [9.17, 15) is 4.79 Å². The maximum atomic E-state index is 10.7. The van der Waals surface area contributed by atoms with Gasteiger partial charge in [-0.2, -0.15) is 0 Å². The first-order valence-corrected chi connectivity index (χ1v) is 3.75. The van der Waals surface area contributed by atoms with Crippen molar-refractivity contribution in [1.82, 2.24) is 0 Å². The predicted octanol–water partition coefficient (Wildman–Crippen LogP) is 0.632. The lowest BCUT2D eigenvalue weighted by Crippen LogP contribution is -2.05. The zero-order valence-corrected chi connectivity index (χ0v) is 7.27. The van der Waals surface area contributed by atoms with Gasteiger partial charge in [-0.25, -0.2) is 0 Å². The van der Waals surface area contributed by atoms with Crippen LogP contribution in [0.2, 0.25) is 0 Å². The highest BCUT2D eigenvalue weighted by Crippen LogP contribution is 2.04. The Kier molecular flexibility index (Phi) is 2.35. The second-order valence-electron chi connectivity index (χ2n) is 2.65. The van der Waals surface area contributed by atoms with Crippen LogP contribution in [0.3, 0.4) is 0 Å². The second kappa shape index (κ2) is 3.10.